The normalized spacial score (nSPS) is 18.1. The number of carbonyl (C=O) groups is 2. The van der Waals surface area contributed by atoms with Crippen LogP contribution in [0.5, 0.6) is 0 Å². The molecule has 1 aliphatic rings. The SMILES string of the molecule is CC(C)C(=O)NSc1ccc(N2CCCC(C(=O)C(C)C)C2)cc1. The Kier molecular flexibility index (Phi) is 6.72. The van der Waals surface area contributed by atoms with E-state index < -0.39 is 0 Å². The number of hydrogen-bond acceptors (Lipinski definition) is 4. The van der Waals surface area contributed by atoms with E-state index in [1.54, 1.807) is 0 Å². The van der Waals surface area contributed by atoms with E-state index in [1.165, 1.54) is 11.9 Å². The van der Waals surface area contributed by atoms with Gasteiger partial charge in [0.15, 0.2) is 0 Å². The molecule has 1 amide bonds. The van der Waals surface area contributed by atoms with E-state index in [0.29, 0.717) is 5.78 Å². The molecule has 1 saturated heterocycles. The van der Waals surface area contributed by atoms with Crippen molar-refractivity contribution in [1.29, 1.82) is 0 Å². The lowest BCUT2D eigenvalue weighted by Gasteiger charge is -2.34. The predicted octanol–water partition coefficient (Wildman–Crippen LogP) is 3.91. The number of carbonyl (C=O) groups excluding carboxylic acids is 2. The molecule has 0 radical (unpaired) electrons. The Morgan fingerprint density at radius 2 is 1.79 bits per heavy atom. The number of Topliss-reactive ketones (excluding diaryl/α,β-unsaturated/α-hetero) is 1. The van der Waals surface area contributed by atoms with Crippen LogP contribution >= 0.6 is 11.9 Å². The van der Waals surface area contributed by atoms with Crippen LogP contribution in [0.2, 0.25) is 0 Å². The monoisotopic (exact) mass is 348 g/mol. The van der Waals surface area contributed by atoms with Gasteiger partial charge in [-0.05, 0) is 49.1 Å². The van der Waals surface area contributed by atoms with Gasteiger partial charge in [0.1, 0.15) is 5.78 Å². The third-order valence-electron chi connectivity index (χ3n) is 4.39. The summed E-state index contributed by atoms with van der Waals surface area (Å²) in [5, 5.41) is 0. The van der Waals surface area contributed by atoms with Crippen molar-refractivity contribution in [2.45, 2.75) is 45.4 Å². The topological polar surface area (TPSA) is 49.4 Å². The standard InChI is InChI=1S/C19H28N2O2S/c1-13(2)18(22)15-6-5-11-21(12-15)16-7-9-17(10-8-16)24-20-19(23)14(3)4/h7-10,13-15H,5-6,11-12H2,1-4H3,(H,20,23). The lowest BCUT2D eigenvalue weighted by molar-refractivity contribution is -0.126. The van der Waals surface area contributed by atoms with E-state index >= 15 is 0 Å². The molecule has 24 heavy (non-hydrogen) atoms. The van der Waals surface area contributed by atoms with Gasteiger partial charge in [-0.15, -0.1) is 0 Å². The van der Waals surface area contributed by atoms with Gasteiger partial charge in [0.2, 0.25) is 5.91 Å². The van der Waals surface area contributed by atoms with E-state index in [0.717, 1.165) is 36.5 Å². The van der Waals surface area contributed by atoms with Crippen molar-refractivity contribution in [2.24, 2.45) is 17.8 Å². The summed E-state index contributed by atoms with van der Waals surface area (Å²) in [6, 6.07) is 8.20. The Morgan fingerprint density at radius 3 is 2.38 bits per heavy atom. The molecule has 1 unspecified atom stereocenters. The molecule has 0 aliphatic carbocycles. The molecule has 0 saturated carbocycles. The van der Waals surface area contributed by atoms with Crippen LogP contribution in [-0.4, -0.2) is 24.8 Å². The third-order valence-corrected chi connectivity index (χ3v) is 5.20. The van der Waals surface area contributed by atoms with Gasteiger partial charge in [0.05, 0.1) is 0 Å². The van der Waals surface area contributed by atoms with Crippen LogP contribution in [0, 0.1) is 17.8 Å². The van der Waals surface area contributed by atoms with Crippen molar-refractivity contribution < 1.29 is 9.59 Å². The Morgan fingerprint density at radius 1 is 1.12 bits per heavy atom. The number of amides is 1. The summed E-state index contributed by atoms with van der Waals surface area (Å²) in [5.74, 6) is 0.662. The molecule has 1 atom stereocenters. The summed E-state index contributed by atoms with van der Waals surface area (Å²) in [5.41, 5.74) is 1.15. The molecule has 4 nitrogen and oxygen atoms in total. The molecular formula is C19H28N2O2S. The van der Waals surface area contributed by atoms with Crippen LogP contribution < -0.4 is 9.62 Å². The summed E-state index contributed by atoms with van der Waals surface area (Å²) >= 11 is 1.35. The third kappa shape index (κ3) is 5.00. The fraction of sp³-hybridized carbons (Fsp3) is 0.579. The highest BCUT2D eigenvalue weighted by Gasteiger charge is 2.27. The van der Waals surface area contributed by atoms with Crippen LogP contribution in [0.3, 0.4) is 0 Å². The minimum Gasteiger partial charge on any atom is -0.371 e. The minimum atomic E-state index is -0.0134. The molecule has 0 bridgehead atoms. The summed E-state index contributed by atoms with van der Waals surface area (Å²) < 4.78 is 2.85. The molecule has 1 aromatic rings. The van der Waals surface area contributed by atoms with Crippen molar-refractivity contribution in [1.82, 2.24) is 4.72 Å². The van der Waals surface area contributed by atoms with Crippen molar-refractivity contribution in [3.8, 4) is 0 Å². The zero-order chi connectivity index (χ0) is 17.7. The number of rotatable bonds is 6. The van der Waals surface area contributed by atoms with Gasteiger partial charge in [0, 0.05) is 41.4 Å². The number of anilines is 1. The van der Waals surface area contributed by atoms with Gasteiger partial charge in [-0.2, -0.15) is 0 Å². The van der Waals surface area contributed by atoms with E-state index in [2.05, 4.69) is 21.8 Å². The van der Waals surface area contributed by atoms with Crippen LogP contribution in [0.25, 0.3) is 0 Å². The van der Waals surface area contributed by atoms with E-state index in [4.69, 9.17) is 0 Å². The highest BCUT2D eigenvalue weighted by Crippen LogP contribution is 2.27. The number of piperidine rings is 1. The van der Waals surface area contributed by atoms with E-state index in [1.807, 2.05) is 39.8 Å². The van der Waals surface area contributed by atoms with Gasteiger partial charge in [0.25, 0.3) is 0 Å². The van der Waals surface area contributed by atoms with Gasteiger partial charge >= 0.3 is 0 Å². The number of nitrogens with zero attached hydrogens (tertiary/aromatic N) is 1. The highest BCUT2D eigenvalue weighted by molar-refractivity contribution is 7.98. The van der Waals surface area contributed by atoms with Crippen LogP contribution in [-0.2, 0) is 9.59 Å². The van der Waals surface area contributed by atoms with Crippen LogP contribution in [0.15, 0.2) is 29.2 Å². The Balaban J connectivity index is 1.95. The zero-order valence-corrected chi connectivity index (χ0v) is 15.9. The van der Waals surface area contributed by atoms with Gasteiger partial charge in [-0.1, -0.05) is 27.7 Å². The predicted molar refractivity (Wildman–Crippen MR) is 100 cm³/mol. The molecular weight excluding hydrogens is 320 g/mol. The molecule has 0 spiro atoms. The summed E-state index contributed by atoms with van der Waals surface area (Å²) in [4.78, 5) is 27.2. The van der Waals surface area contributed by atoms with Crippen LogP contribution in [0.4, 0.5) is 5.69 Å². The average molecular weight is 349 g/mol. The molecule has 0 aromatic heterocycles. The first kappa shape index (κ1) is 18.8. The second-order valence-electron chi connectivity index (χ2n) is 7.06. The molecule has 1 aliphatic heterocycles. The first-order valence-corrected chi connectivity index (χ1v) is 9.55. The molecule has 5 heteroatoms. The quantitative estimate of drug-likeness (QED) is 0.792. The fourth-order valence-electron chi connectivity index (χ4n) is 2.87. The molecule has 1 aromatic carbocycles. The molecule has 2 rings (SSSR count). The first-order chi connectivity index (χ1) is 11.4. The number of hydrogen-bond donors (Lipinski definition) is 1. The Labute approximate surface area is 149 Å². The van der Waals surface area contributed by atoms with Gasteiger partial charge in [-0.25, -0.2) is 0 Å². The zero-order valence-electron chi connectivity index (χ0n) is 15.0. The van der Waals surface area contributed by atoms with E-state index in [-0.39, 0.29) is 23.7 Å². The maximum atomic E-state index is 12.3. The second-order valence-corrected chi connectivity index (χ2v) is 7.94. The van der Waals surface area contributed by atoms with Crippen molar-refractivity contribution in [3.05, 3.63) is 24.3 Å². The largest absolute Gasteiger partial charge is 0.371 e. The summed E-state index contributed by atoms with van der Waals surface area (Å²) in [7, 11) is 0. The van der Waals surface area contributed by atoms with Gasteiger partial charge in [-0.3, -0.25) is 14.3 Å². The van der Waals surface area contributed by atoms with Crippen LogP contribution in [0.1, 0.15) is 40.5 Å². The lowest BCUT2D eigenvalue weighted by Crippen LogP contribution is -2.40. The van der Waals surface area contributed by atoms with Crippen molar-refractivity contribution >= 4 is 29.3 Å². The molecule has 1 heterocycles. The average Bonchev–Trinajstić information content (AvgIpc) is 2.59. The smallest absolute Gasteiger partial charge is 0.232 e. The molecule has 1 N–H and O–H groups in total. The number of nitrogens with one attached hydrogen (secondary N) is 1. The maximum absolute atomic E-state index is 12.3. The second kappa shape index (κ2) is 8.56. The highest BCUT2D eigenvalue weighted by atomic mass is 32.2. The van der Waals surface area contributed by atoms with Crippen molar-refractivity contribution in [2.75, 3.05) is 18.0 Å². The van der Waals surface area contributed by atoms with Gasteiger partial charge < -0.3 is 4.90 Å². The molecule has 1 fully saturated rings. The number of ketones is 1. The maximum Gasteiger partial charge on any atom is 0.232 e. The summed E-state index contributed by atoms with van der Waals surface area (Å²) in [6.45, 7) is 9.54. The lowest BCUT2D eigenvalue weighted by atomic mass is 9.88. The minimum absolute atomic E-state index is 0.0134. The van der Waals surface area contributed by atoms with E-state index in [9.17, 15) is 9.59 Å². The van der Waals surface area contributed by atoms with Crippen molar-refractivity contribution in [3.63, 3.8) is 0 Å². The summed E-state index contributed by atoms with van der Waals surface area (Å²) in [6.07, 6.45) is 2.06. The fourth-order valence-corrected chi connectivity index (χ4v) is 3.59. The first-order valence-electron chi connectivity index (χ1n) is 8.74. The number of benzene rings is 1. The molecule has 132 valence electrons. The Bertz CT molecular complexity index is 569. The Hall–Kier alpha value is -1.49.